The molecule has 0 N–H and O–H groups in total. The normalized spacial score (nSPS) is 8.27. The van der Waals surface area contributed by atoms with Crippen LogP contribution in [0.4, 0.5) is 0 Å². The van der Waals surface area contributed by atoms with Crippen molar-refractivity contribution in [2.75, 3.05) is 0 Å². The second-order valence-corrected chi connectivity index (χ2v) is 1.80. The minimum atomic E-state index is 0.891. The minimum Gasteiger partial charge on any atom is -0.272 e. The third kappa shape index (κ3) is 8.89. The average Bonchev–Trinajstić information content (AvgIpc) is 2.03. The van der Waals surface area contributed by atoms with Gasteiger partial charge in [-0.1, -0.05) is 32.6 Å². The summed E-state index contributed by atoms with van der Waals surface area (Å²) in [6.07, 6.45) is 3.37. The Labute approximate surface area is 69.9 Å². The van der Waals surface area contributed by atoms with E-state index in [1.54, 1.807) is 12.3 Å². The number of rotatable bonds is 3. The van der Waals surface area contributed by atoms with Crippen LogP contribution in [-0.4, -0.2) is 6.72 Å². The van der Waals surface area contributed by atoms with Crippen LogP contribution < -0.4 is 0 Å². The second kappa shape index (κ2) is 8.89. The second-order valence-electron chi connectivity index (χ2n) is 1.80. The number of nitrogens with zero attached hydrogens (tertiary/aromatic N) is 1. The number of hydrogen-bond acceptors (Lipinski definition) is 1. The van der Waals surface area contributed by atoms with E-state index in [0.717, 1.165) is 11.1 Å². The fourth-order valence-electron chi connectivity index (χ4n) is 0.285. The lowest BCUT2D eigenvalue weighted by molar-refractivity contribution is 1.45. The van der Waals surface area contributed by atoms with Crippen molar-refractivity contribution in [2.24, 2.45) is 4.99 Å². The van der Waals surface area contributed by atoms with Crippen molar-refractivity contribution in [3.8, 4) is 0 Å². The molecule has 0 unspecified atom stereocenters. The van der Waals surface area contributed by atoms with Gasteiger partial charge in [0.15, 0.2) is 0 Å². The van der Waals surface area contributed by atoms with E-state index in [-0.39, 0.29) is 0 Å². The fraction of sp³-hybridized carbons (Fsp3) is 0.300. The van der Waals surface area contributed by atoms with Gasteiger partial charge in [-0.05, 0) is 25.3 Å². The Morgan fingerprint density at radius 3 is 2.00 bits per heavy atom. The Balaban J connectivity index is 0. The fourth-order valence-corrected chi connectivity index (χ4v) is 0.285. The summed E-state index contributed by atoms with van der Waals surface area (Å²) in [5, 5.41) is 0. The van der Waals surface area contributed by atoms with Crippen molar-refractivity contribution in [2.45, 2.75) is 20.8 Å². The van der Waals surface area contributed by atoms with Gasteiger partial charge in [0.25, 0.3) is 0 Å². The summed E-state index contributed by atoms with van der Waals surface area (Å²) in [6.45, 7) is 16.6. The van der Waals surface area contributed by atoms with Crippen LogP contribution in [0.3, 0.4) is 0 Å². The summed E-state index contributed by atoms with van der Waals surface area (Å²) < 4.78 is 0. The molecule has 0 heterocycles. The molecule has 0 bridgehead atoms. The summed E-state index contributed by atoms with van der Waals surface area (Å²) in [4.78, 5) is 3.53. The molecule has 0 saturated heterocycles. The molecule has 0 aromatic rings. The van der Waals surface area contributed by atoms with Crippen LogP contribution in [0.25, 0.3) is 0 Å². The zero-order valence-corrected chi connectivity index (χ0v) is 7.72. The first-order valence-corrected chi connectivity index (χ1v) is 3.65. The summed E-state index contributed by atoms with van der Waals surface area (Å²) in [7, 11) is 0. The largest absolute Gasteiger partial charge is 0.272 e. The summed E-state index contributed by atoms with van der Waals surface area (Å²) in [5.41, 5.74) is 1.84. The SMILES string of the molecule is C=N/C=C\C(=C)C(=C)C.CC. The van der Waals surface area contributed by atoms with Crippen LogP contribution in [0.1, 0.15) is 20.8 Å². The van der Waals surface area contributed by atoms with E-state index >= 15 is 0 Å². The van der Waals surface area contributed by atoms with Gasteiger partial charge in [-0.15, -0.1) is 0 Å². The molecule has 0 amide bonds. The number of aliphatic imine (C=N–C) groups is 1. The molecule has 0 aliphatic rings. The first-order chi connectivity index (χ1) is 5.18. The molecule has 0 aromatic heterocycles. The van der Waals surface area contributed by atoms with Gasteiger partial charge in [0.1, 0.15) is 0 Å². The van der Waals surface area contributed by atoms with Crippen molar-refractivity contribution in [3.05, 3.63) is 36.6 Å². The molecule has 0 fully saturated rings. The van der Waals surface area contributed by atoms with Crippen LogP contribution in [0.5, 0.6) is 0 Å². The van der Waals surface area contributed by atoms with E-state index in [0.29, 0.717) is 0 Å². The predicted molar refractivity (Wildman–Crippen MR) is 54.0 cm³/mol. The highest BCUT2D eigenvalue weighted by molar-refractivity contribution is 5.35. The van der Waals surface area contributed by atoms with Crippen LogP contribution >= 0.6 is 0 Å². The Hall–Kier alpha value is -1.11. The van der Waals surface area contributed by atoms with Crippen molar-refractivity contribution >= 4 is 6.72 Å². The maximum Gasteiger partial charge on any atom is 0.0266 e. The summed E-state index contributed by atoms with van der Waals surface area (Å²) in [6, 6.07) is 0. The van der Waals surface area contributed by atoms with E-state index < -0.39 is 0 Å². The molecule has 0 saturated carbocycles. The molecule has 0 aliphatic carbocycles. The van der Waals surface area contributed by atoms with E-state index in [1.165, 1.54) is 0 Å². The zero-order valence-electron chi connectivity index (χ0n) is 7.72. The van der Waals surface area contributed by atoms with E-state index in [1.807, 2.05) is 20.8 Å². The molecule has 1 nitrogen and oxygen atoms in total. The van der Waals surface area contributed by atoms with Gasteiger partial charge >= 0.3 is 0 Å². The molecule has 62 valence electrons. The van der Waals surface area contributed by atoms with E-state index in [2.05, 4.69) is 24.9 Å². The lowest BCUT2D eigenvalue weighted by atomic mass is 10.2. The van der Waals surface area contributed by atoms with E-state index in [9.17, 15) is 0 Å². The van der Waals surface area contributed by atoms with Gasteiger partial charge in [-0.2, -0.15) is 0 Å². The van der Waals surface area contributed by atoms with Crippen LogP contribution in [0.15, 0.2) is 41.6 Å². The quantitative estimate of drug-likeness (QED) is 0.433. The highest BCUT2D eigenvalue weighted by Gasteiger charge is 1.83. The molecule has 0 spiro atoms. The van der Waals surface area contributed by atoms with Gasteiger partial charge in [-0.25, -0.2) is 0 Å². The number of allylic oxidation sites excluding steroid dienone is 3. The van der Waals surface area contributed by atoms with Crippen LogP contribution in [-0.2, 0) is 0 Å². The van der Waals surface area contributed by atoms with Crippen molar-refractivity contribution in [1.82, 2.24) is 0 Å². The zero-order chi connectivity index (χ0) is 9.28. The molecular formula is C10H17N. The Kier molecular flexibility index (Phi) is 10.1. The smallest absolute Gasteiger partial charge is 0.0266 e. The molecule has 0 aliphatic heterocycles. The molecule has 1 heteroatoms. The summed E-state index contributed by atoms with van der Waals surface area (Å²) in [5.74, 6) is 0. The predicted octanol–water partition coefficient (Wildman–Crippen LogP) is 3.36. The van der Waals surface area contributed by atoms with E-state index in [4.69, 9.17) is 0 Å². The standard InChI is InChI=1S/C8H11N.C2H6/c1-7(2)8(3)5-6-9-4;1-2/h5-6H,1,3-4H2,2H3;1-2H3/b6-5-;. The van der Waals surface area contributed by atoms with Crippen LogP contribution in [0, 0.1) is 0 Å². The monoisotopic (exact) mass is 151 g/mol. The maximum atomic E-state index is 3.72. The molecule has 0 atom stereocenters. The Morgan fingerprint density at radius 1 is 1.27 bits per heavy atom. The topological polar surface area (TPSA) is 12.4 Å². The molecule has 0 rings (SSSR count). The van der Waals surface area contributed by atoms with Gasteiger partial charge in [0.2, 0.25) is 0 Å². The maximum absolute atomic E-state index is 3.72. The molecule has 0 aromatic carbocycles. The molecule has 11 heavy (non-hydrogen) atoms. The van der Waals surface area contributed by atoms with Crippen molar-refractivity contribution < 1.29 is 0 Å². The first kappa shape index (κ1) is 12.6. The third-order valence-corrected chi connectivity index (χ3v) is 0.929. The minimum absolute atomic E-state index is 0.891. The third-order valence-electron chi connectivity index (χ3n) is 0.929. The lowest BCUT2D eigenvalue weighted by Gasteiger charge is -1.92. The molecular weight excluding hydrogens is 134 g/mol. The summed E-state index contributed by atoms with van der Waals surface area (Å²) >= 11 is 0. The van der Waals surface area contributed by atoms with Crippen molar-refractivity contribution in [1.29, 1.82) is 0 Å². The number of hydrogen-bond donors (Lipinski definition) is 0. The average molecular weight is 151 g/mol. The van der Waals surface area contributed by atoms with Gasteiger partial charge in [0, 0.05) is 6.20 Å². The molecule has 0 radical (unpaired) electrons. The van der Waals surface area contributed by atoms with Gasteiger partial charge in [-0.3, -0.25) is 4.99 Å². The highest BCUT2D eigenvalue weighted by atomic mass is 14.6. The van der Waals surface area contributed by atoms with Gasteiger partial charge in [0.05, 0.1) is 0 Å². The first-order valence-electron chi connectivity index (χ1n) is 3.65. The van der Waals surface area contributed by atoms with Crippen molar-refractivity contribution in [3.63, 3.8) is 0 Å². The Morgan fingerprint density at radius 2 is 1.73 bits per heavy atom. The highest BCUT2D eigenvalue weighted by Crippen LogP contribution is 2.03. The van der Waals surface area contributed by atoms with Crippen LogP contribution in [0.2, 0.25) is 0 Å². The lowest BCUT2D eigenvalue weighted by Crippen LogP contribution is -1.72. The van der Waals surface area contributed by atoms with Gasteiger partial charge < -0.3 is 0 Å². The Bertz CT molecular complexity index is 164.